The molecule has 0 aliphatic heterocycles. The Morgan fingerprint density at radius 1 is 0.907 bits per heavy atom. The maximum absolute atomic E-state index is 13.5. The number of fused-ring (bicyclic) bond motifs is 1. The van der Waals surface area contributed by atoms with Crippen LogP contribution in [0.1, 0.15) is 44.7 Å². The molecule has 5 rings (SSSR count). The number of nitrogens with zero attached hydrogens (tertiary/aromatic N) is 3. The molecule has 3 N–H and O–H groups in total. The third kappa shape index (κ3) is 10.1. The molecular weight excluding hydrogens is 726 g/mol. The third-order valence-corrected chi connectivity index (χ3v) is 10.2. The van der Waals surface area contributed by atoms with E-state index in [0.717, 1.165) is 28.2 Å². The van der Waals surface area contributed by atoms with Crippen LogP contribution in [-0.2, 0) is 43.7 Å². The van der Waals surface area contributed by atoms with E-state index in [-0.39, 0.29) is 10.5 Å². The Balaban J connectivity index is 1.37. The summed E-state index contributed by atoms with van der Waals surface area (Å²) in [5.74, 6) is -4.69. The van der Waals surface area contributed by atoms with E-state index in [1.807, 2.05) is 57.9 Å². The Bertz CT molecular complexity index is 2220. The molecule has 0 radical (unpaired) electrons. The number of esters is 2. The summed E-state index contributed by atoms with van der Waals surface area (Å²) in [6.45, 7) is 5.12. The number of carbonyl (C=O) groups excluding carboxylic acids is 3. The summed E-state index contributed by atoms with van der Waals surface area (Å²) in [5, 5.41) is 11.2. The molecule has 0 saturated carbocycles. The van der Waals surface area contributed by atoms with E-state index in [9.17, 15) is 36.0 Å². The number of hydrogen-bond donors (Lipinski definition) is 3. The second-order valence-electron chi connectivity index (χ2n) is 12.7. The van der Waals surface area contributed by atoms with E-state index in [4.69, 9.17) is 5.10 Å². The maximum atomic E-state index is 13.5. The van der Waals surface area contributed by atoms with Crippen LogP contribution in [0.15, 0.2) is 90.0 Å². The first-order valence-electron chi connectivity index (χ1n) is 17.0. The number of sulfonamides is 1. The summed E-state index contributed by atoms with van der Waals surface area (Å²) >= 11 is 0. The van der Waals surface area contributed by atoms with Crippen LogP contribution in [-0.4, -0.2) is 66.3 Å². The van der Waals surface area contributed by atoms with Crippen LogP contribution in [0.4, 0.5) is 19.0 Å². The van der Waals surface area contributed by atoms with Crippen molar-refractivity contribution < 1.29 is 40.7 Å². The summed E-state index contributed by atoms with van der Waals surface area (Å²) in [5.41, 5.74) is 4.07. The highest BCUT2D eigenvalue weighted by Crippen LogP contribution is 2.24. The van der Waals surface area contributed by atoms with Crippen molar-refractivity contribution in [2.45, 2.75) is 63.7 Å². The number of aryl methyl sites for hydroxylation is 6. The van der Waals surface area contributed by atoms with Crippen LogP contribution in [0.25, 0.3) is 10.9 Å². The van der Waals surface area contributed by atoms with Gasteiger partial charge >= 0.3 is 18.1 Å². The van der Waals surface area contributed by atoms with Crippen molar-refractivity contribution in [2.75, 3.05) is 18.4 Å². The van der Waals surface area contributed by atoms with Gasteiger partial charge in [0.15, 0.2) is 0 Å². The molecule has 0 aliphatic carbocycles. The van der Waals surface area contributed by atoms with Crippen molar-refractivity contribution in [3.8, 4) is 0 Å². The molecule has 1 amide bonds. The van der Waals surface area contributed by atoms with Crippen molar-refractivity contribution >= 4 is 44.6 Å². The SMILES string of the molecule is Cc1cc(C)c(S(=O)(=O)N[C@@H](CNC(=O)c2ccc3c(c2)c(CCc2ccccc2)nn3CCCNc2ccccn2)C(=O)OC(=O)C(F)(F)F)c(C)c1. The number of anilines is 1. The van der Waals surface area contributed by atoms with Crippen LogP contribution in [0.5, 0.6) is 0 Å². The van der Waals surface area contributed by atoms with E-state index in [2.05, 4.69) is 20.4 Å². The molecule has 3 aromatic carbocycles. The molecule has 0 unspecified atom stereocenters. The number of carbonyl (C=O) groups is 3. The van der Waals surface area contributed by atoms with Gasteiger partial charge in [-0.2, -0.15) is 23.0 Å². The predicted octanol–water partition coefficient (Wildman–Crippen LogP) is 5.35. The fourth-order valence-electron chi connectivity index (χ4n) is 6.09. The first-order valence-corrected chi connectivity index (χ1v) is 18.5. The Morgan fingerprint density at radius 3 is 2.28 bits per heavy atom. The van der Waals surface area contributed by atoms with Crippen molar-refractivity contribution in [1.82, 2.24) is 24.8 Å². The zero-order chi connectivity index (χ0) is 39.0. The minimum absolute atomic E-state index is 0.117. The average molecular weight is 765 g/mol. The quantitative estimate of drug-likeness (QED) is 0.0725. The molecule has 5 aromatic rings. The average Bonchev–Trinajstić information content (AvgIpc) is 3.47. The topological polar surface area (TPSA) is 161 Å². The number of pyridine rings is 1. The highest BCUT2D eigenvalue weighted by molar-refractivity contribution is 7.89. The van der Waals surface area contributed by atoms with Gasteiger partial charge in [0.1, 0.15) is 11.9 Å². The second kappa shape index (κ2) is 17.0. The predicted molar refractivity (Wildman–Crippen MR) is 195 cm³/mol. The molecule has 284 valence electrons. The van der Waals surface area contributed by atoms with Crippen LogP contribution >= 0.6 is 0 Å². The fraction of sp³-hybridized carbons (Fsp3) is 0.289. The monoisotopic (exact) mass is 764 g/mol. The smallest absolute Gasteiger partial charge is 0.385 e. The van der Waals surface area contributed by atoms with Crippen LogP contribution in [0, 0.1) is 20.8 Å². The van der Waals surface area contributed by atoms with Crippen molar-refractivity contribution in [2.24, 2.45) is 0 Å². The standard InChI is InChI=1S/C38H39F3N6O6S/c1-24-20-25(2)34(26(3)21-24)54(51,52)46-31(36(49)53-37(50)38(39,40)41)23-44-35(48)28-14-16-32-29(22-28)30(15-13-27-10-5-4-6-11-27)45-47(32)19-9-18-43-33-12-7-8-17-42-33/h4-8,10-12,14,16-17,20-22,31,46H,9,13,15,18-19,23H2,1-3H3,(H,42,43)(H,44,48)/t31-/m0/s1. The van der Waals surface area contributed by atoms with Crippen LogP contribution in [0.2, 0.25) is 0 Å². The normalized spacial score (nSPS) is 12.3. The molecule has 0 aliphatic rings. The molecule has 2 aromatic heterocycles. The lowest BCUT2D eigenvalue weighted by Gasteiger charge is -2.20. The summed E-state index contributed by atoms with van der Waals surface area (Å²) in [7, 11) is -4.57. The third-order valence-electron chi connectivity index (χ3n) is 8.45. The van der Waals surface area contributed by atoms with Gasteiger partial charge in [0, 0.05) is 36.8 Å². The number of alkyl halides is 3. The molecule has 0 saturated heterocycles. The lowest BCUT2D eigenvalue weighted by Crippen LogP contribution is -2.50. The van der Waals surface area contributed by atoms with E-state index < -0.39 is 46.6 Å². The Morgan fingerprint density at radius 2 is 1.61 bits per heavy atom. The second-order valence-corrected chi connectivity index (χ2v) is 14.4. The molecule has 0 spiro atoms. The van der Waals surface area contributed by atoms with Crippen LogP contribution < -0.4 is 15.4 Å². The van der Waals surface area contributed by atoms with E-state index >= 15 is 0 Å². The summed E-state index contributed by atoms with van der Waals surface area (Å²) in [6, 6.07) is 21.3. The van der Waals surface area contributed by atoms with E-state index in [0.29, 0.717) is 48.9 Å². The molecule has 16 heteroatoms. The highest BCUT2D eigenvalue weighted by atomic mass is 32.2. The van der Waals surface area contributed by atoms with E-state index in [1.54, 1.807) is 37.4 Å². The number of amides is 1. The molecule has 0 bridgehead atoms. The molecule has 12 nitrogen and oxygen atoms in total. The van der Waals surface area contributed by atoms with Crippen molar-refractivity contribution in [3.05, 3.63) is 119 Å². The molecule has 0 fully saturated rings. The van der Waals surface area contributed by atoms with Crippen LogP contribution in [0.3, 0.4) is 0 Å². The zero-order valence-corrected chi connectivity index (χ0v) is 30.6. The van der Waals surface area contributed by atoms with Gasteiger partial charge in [-0.15, -0.1) is 0 Å². The zero-order valence-electron chi connectivity index (χ0n) is 29.7. The molecule has 2 heterocycles. The first kappa shape index (κ1) is 39.6. The highest BCUT2D eigenvalue weighted by Gasteiger charge is 2.44. The van der Waals surface area contributed by atoms with Gasteiger partial charge in [0.25, 0.3) is 5.91 Å². The van der Waals surface area contributed by atoms with Gasteiger partial charge in [0.05, 0.1) is 16.1 Å². The fourth-order valence-corrected chi connectivity index (χ4v) is 7.73. The van der Waals surface area contributed by atoms with Gasteiger partial charge in [0.2, 0.25) is 10.0 Å². The molecule has 54 heavy (non-hydrogen) atoms. The number of rotatable bonds is 15. The Labute approximate surface area is 310 Å². The first-order chi connectivity index (χ1) is 25.6. The Hall–Kier alpha value is -5.61. The van der Waals surface area contributed by atoms with Gasteiger partial charge in [-0.25, -0.2) is 23.0 Å². The lowest BCUT2D eigenvalue weighted by atomic mass is 10.0. The minimum Gasteiger partial charge on any atom is -0.385 e. The van der Waals surface area contributed by atoms with Gasteiger partial charge in [-0.3, -0.25) is 9.48 Å². The van der Waals surface area contributed by atoms with Gasteiger partial charge in [-0.05, 0) is 87.1 Å². The summed E-state index contributed by atoms with van der Waals surface area (Å²) < 4.78 is 73.7. The summed E-state index contributed by atoms with van der Waals surface area (Å²) in [4.78, 5) is 41.9. The number of halogens is 3. The number of ether oxygens (including phenoxy) is 1. The number of nitrogens with one attached hydrogen (secondary N) is 3. The Kier molecular flexibility index (Phi) is 12.5. The number of aromatic nitrogens is 3. The summed E-state index contributed by atoms with van der Waals surface area (Å²) in [6.07, 6.45) is -1.90. The van der Waals surface area contributed by atoms with E-state index in [1.165, 1.54) is 19.9 Å². The number of benzene rings is 3. The van der Waals surface area contributed by atoms with Crippen molar-refractivity contribution in [3.63, 3.8) is 0 Å². The lowest BCUT2D eigenvalue weighted by molar-refractivity contribution is -0.202. The maximum Gasteiger partial charge on any atom is 0.491 e. The van der Waals surface area contributed by atoms with Gasteiger partial charge < -0.3 is 15.4 Å². The van der Waals surface area contributed by atoms with Gasteiger partial charge in [-0.1, -0.05) is 54.1 Å². The minimum atomic E-state index is -5.53. The molecular formula is C38H39F3N6O6S. The molecule has 1 atom stereocenters. The largest absolute Gasteiger partial charge is 0.491 e. The number of hydrogen-bond acceptors (Lipinski definition) is 9. The van der Waals surface area contributed by atoms with Crippen molar-refractivity contribution in [1.29, 1.82) is 0 Å².